The first-order valence-electron chi connectivity index (χ1n) is 27.7. The van der Waals surface area contributed by atoms with Crippen LogP contribution in [0.4, 0.5) is 0 Å². The molecule has 92 heavy (non-hydrogen) atoms. The molecule has 0 amide bonds. The summed E-state index contributed by atoms with van der Waals surface area (Å²) in [6.45, 7) is -2.91. The van der Waals surface area contributed by atoms with Gasteiger partial charge in [0.2, 0.25) is 41.9 Å². The van der Waals surface area contributed by atoms with E-state index in [9.17, 15) is 116 Å². The van der Waals surface area contributed by atoms with Crippen molar-refractivity contribution in [3.63, 3.8) is 0 Å². The molecule has 35 heteroatoms. The van der Waals surface area contributed by atoms with Gasteiger partial charge in [-0.1, -0.05) is 0 Å². The average molecular weight is 1310 g/mol. The van der Waals surface area contributed by atoms with Crippen LogP contribution in [0.15, 0.2) is 105 Å². The summed E-state index contributed by atoms with van der Waals surface area (Å²) in [7, 11) is 0. The number of fused-ring (bicyclic) bond motifs is 2. The van der Waals surface area contributed by atoms with Gasteiger partial charge in [0.25, 0.3) is 0 Å². The van der Waals surface area contributed by atoms with Gasteiger partial charge in [-0.15, -0.1) is 0 Å². The van der Waals surface area contributed by atoms with Crippen LogP contribution >= 0.6 is 0 Å². The number of carboxylic acids is 1. The van der Waals surface area contributed by atoms with Gasteiger partial charge in [-0.3, -0.25) is 14.4 Å². The number of rotatable bonds is 18. The van der Waals surface area contributed by atoms with Crippen LogP contribution < -0.4 is 14.9 Å². The van der Waals surface area contributed by atoms with Gasteiger partial charge in [-0.25, -0.2) is 4.79 Å². The van der Waals surface area contributed by atoms with Crippen molar-refractivity contribution in [1.29, 1.82) is 0 Å². The van der Waals surface area contributed by atoms with Crippen LogP contribution in [0.25, 0.3) is 28.1 Å². The molecule has 35 nitrogen and oxygen atoms in total. The molecule has 0 bridgehead atoms. The molecule has 1 aliphatic carbocycles. The minimum Gasteiger partial charge on any atom is -0.571 e. The number of phenols is 4. The number of benzene rings is 3. The number of phenolic OH excluding ortho intramolecular Hbond substituents is 4. The van der Waals surface area contributed by atoms with E-state index < -0.39 is 230 Å². The lowest BCUT2D eigenvalue weighted by atomic mass is 9.96. The molecule has 0 spiro atoms. The Bertz CT molecular complexity index is 3600. The molecule has 0 radical (unpaired) electrons. The Morgan fingerprint density at radius 2 is 1.17 bits per heavy atom. The topological polar surface area (TPSA) is 571 Å². The molecule has 5 aliphatic heterocycles. The van der Waals surface area contributed by atoms with E-state index in [2.05, 4.69) is 4.74 Å². The fraction of sp³-hybridized carbons (Fsp3) is 0.439. The predicted molar refractivity (Wildman–Crippen MR) is 293 cm³/mol. The zero-order valence-corrected chi connectivity index (χ0v) is 46.9. The summed E-state index contributed by atoms with van der Waals surface area (Å²) in [6.07, 6.45) is -40.0. The second-order valence-electron chi connectivity index (χ2n) is 21.6. The highest BCUT2D eigenvalue weighted by Crippen LogP contribution is 2.42. The Morgan fingerprint density at radius 3 is 1.84 bits per heavy atom. The summed E-state index contributed by atoms with van der Waals surface area (Å²) in [4.78, 5) is 53.6. The van der Waals surface area contributed by atoms with E-state index in [4.69, 9.17) is 51.8 Å². The van der Waals surface area contributed by atoms with Crippen molar-refractivity contribution < 1.29 is 168 Å². The monoisotopic (exact) mass is 1310 g/mol. The van der Waals surface area contributed by atoms with Gasteiger partial charge < -0.3 is 154 Å². The van der Waals surface area contributed by atoms with Crippen LogP contribution in [0.2, 0.25) is 0 Å². The van der Waals surface area contributed by atoms with E-state index in [1.54, 1.807) is 0 Å². The lowest BCUT2D eigenvalue weighted by Crippen LogP contribution is -2.65. The van der Waals surface area contributed by atoms with Crippen LogP contribution in [0, 0.1) is 0 Å². The number of aliphatic hydroxyl groups is 16. The number of aromatic hydroxyl groups is 4. The minimum atomic E-state index is -2.41. The number of hydrogen-bond donors (Lipinski definition) is 19. The zero-order valence-electron chi connectivity index (χ0n) is 46.9. The van der Waals surface area contributed by atoms with Gasteiger partial charge in [-0.2, -0.15) is 0 Å². The van der Waals surface area contributed by atoms with Crippen molar-refractivity contribution in [2.45, 2.75) is 135 Å². The Balaban J connectivity index is 0.872. The van der Waals surface area contributed by atoms with Crippen molar-refractivity contribution in [3.8, 4) is 45.8 Å². The molecular formula is C57H61O35+. The van der Waals surface area contributed by atoms with Crippen molar-refractivity contribution in [3.05, 3.63) is 111 Å². The first-order chi connectivity index (χ1) is 43.7. The van der Waals surface area contributed by atoms with Crippen LogP contribution in [0.3, 0.4) is 0 Å². The maximum absolute atomic E-state index is 14.7. The second-order valence-corrected chi connectivity index (χ2v) is 21.6. The Hall–Kier alpha value is -8.44. The molecule has 6 heterocycles. The van der Waals surface area contributed by atoms with Crippen LogP contribution in [0.1, 0.15) is 12.0 Å². The lowest BCUT2D eigenvalue weighted by Gasteiger charge is -2.45. The molecule has 0 saturated carbocycles. The molecule has 4 aromatic rings. The maximum atomic E-state index is 14.7. The van der Waals surface area contributed by atoms with Crippen molar-refractivity contribution in [2.24, 2.45) is 0 Å². The summed E-state index contributed by atoms with van der Waals surface area (Å²) in [5.74, 6) is -10.7. The molecule has 10 rings (SSSR count). The molecule has 3 aromatic carbocycles. The zero-order chi connectivity index (χ0) is 66.5. The third-order valence-electron chi connectivity index (χ3n) is 15.4. The van der Waals surface area contributed by atoms with E-state index in [1.807, 2.05) is 0 Å². The summed E-state index contributed by atoms with van der Waals surface area (Å²) < 4.78 is 66.7. The predicted octanol–water partition coefficient (Wildman–Crippen LogP) is -5.03. The highest BCUT2D eigenvalue weighted by Gasteiger charge is 2.54. The smallest absolute Gasteiger partial charge is 0.335 e. The van der Waals surface area contributed by atoms with Crippen LogP contribution in [0.5, 0.6) is 34.5 Å². The third-order valence-corrected chi connectivity index (χ3v) is 15.4. The molecule has 4 fully saturated rings. The first kappa shape index (κ1) is 66.5. The first-order valence-corrected chi connectivity index (χ1v) is 27.7. The van der Waals surface area contributed by atoms with Crippen LogP contribution in [-0.2, 0) is 52.3 Å². The molecule has 1 aromatic heterocycles. The van der Waals surface area contributed by atoms with Crippen molar-refractivity contribution >= 4 is 34.6 Å². The van der Waals surface area contributed by atoms with Gasteiger partial charge >= 0.3 is 23.7 Å². The highest BCUT2D eigenvalue weighted by atomic mass is 16.8. The summed E-state index contributed by atoms with van der Waals surface area (Å²) in [6, 6.07) is 9.73. The van der Waals surface area contributed by atoms with E-state index in [0.717, 1.165) is 36.4 Å². The fourth-order valence-electron chi connectivity index (χ4n) is 10.5. The second kappa shape index (κ2) is 27.0. The Morgan fingerprint density at radius 1 is 0.565 bits per heavy atom. The quantitative estimate of drug-likeness (QED) is 0.0192. The number of carboxylic acid groups (broad SMARTS) is 1. The van der Waals surface area contributed by atoms with E-state index >= 15 is 0 Å². The molecule has 4 saturated heterocycles. The summed E-state index contributed by atoms with van der Waals surface area (Å²) >= 11 is 0. The molecule has 498 valence electrons. The third kappa shape index (κ3) is 13.3. The average Bonchev–Trinajstić information content (AvgIpc) is 0.797. The van der Waals surface area contributed by atoms with Crippen molar-refractivity contribution in [2.75, 3.05) is 19.8 Å². The van der Waals surface area contributed by atoms with Gasteiger partial charge in [0.05, 0.1) is 30.4 Å². The number of hydrogen-bond acceptors (Lipinski definition) is 33. The fourth-order valence-corrected chi connectivity index (χ4v) is 10.5. The number of aliphatic carboxylic acids is 1. The minimum absolute atomic E-state index is 0.0586. The molecule has 6 aliphatic rings. The largest absolute Gasteiger partial charge is 0.571 e. The summed E-state index contributed by atoms with van der Waals surface area (Å²) in [5.41, 5.74) is -1.82. The van der Waals surface area contributed by atoms with E-state index in [-0.39, 0.29) is 39.7 Å². The number of carbonyl (C=O) groups is 3. The number of carbonyl (C=O) groups excluding carboxylic acids is 2. The normalized spacial score (nSPS) is 33.9. The SMILES string of the molecule is O=C(CC(=O)OC1C(Oc2cc(O)c3c(=O)c(OC4OC(CO)C(O)C(O)C4OC4OC(CO)C(O)C(O)C4O)c(-c4ccc(O)cc4)oc3c2)OC(C(=O)O)C(O)C1O)OCC1OC(OC2=C(c3ccc(O)c(O)c3)[OH+]C3C=C(O)C=C(O)C3=C2)C(O)C(O)C1O. The van der Waals surface area contributed by atoms with Gasteiger partial charge in [0, 0.05) is 35.9 Å². The van der Waals surface area contributed by atoms with E-state index in [0.29, 0.717) is 6.07 Å². The number of aliphatic hydroxyl groups excluding tert-OH is 14. The molecule has 21 atom stereocenters. The maximum Gasteiger partial charge on any atom is 0.335 e. The number of ether oxygens (including phenoxy) is 11. The molecule has 20 N–H and O–H groups in total. The van der Waals surface area contributed by atoms with Crippen molar-refractivity contribution in [1.82, 2.24) is 0 Å². The molecule has 21 unspecified atom stereocenters. The molecular weight excluding hydrogens is 1240 g/mol. The standard InChI is InChI=1S/C57H60O35/c58-14-30-36(68)40(72)46(78)55(86-30)92-52-42(74)37(69)31(15-59)87-57(52)90-49-39(71)35-26(65)10-21(11-28(35)84-48(49)17-1-4-19(60)5-2-17)82-56-51(44(76)43(75)50(91-56)53(79)80)89-34(67)13-33(66)81-16-32-38(70)41(73)45(77)54(88-32)85-29-12-22-24(63)8-20(61)9-27(22)83-47(29)18-3-6-23(62)25(64)7-18/h1-12,27,30-32,36-38,40-46,50-52,54-65,68-70,72-78H,13-16H2,(H,79,80)/p+1. The Labute approximate surface area is 513 Å². The highest BCUT2D eigenvalue weighted by molar-refractivity contribution is 5.91. The Kier molecular flexibility index (Phi) is 19.5. The number of esters is 2. The van der Waals surface area contributed by atoms with Gasteiger partial charge in [0.1, 0.15) is 132 Å². The van der Waals surface area contributed by atoms with E-state index in [1.165, 1.54) is 30.4 Å². The number of allylic oxidation sites excluding steroid dienone is 2. The van der Waals surface area contributed by atoms with Gasteiger partial charge in [0.15, 0.2) is 41.9 Å². The van der Waals surface area contributed by atoms with Crippen LogP contribution in [-0.4, -0.2) is 268 Å². The lowest BCUT2D eigenvalue weighted by molar-refractivity contribution is -0.358. The van der Waals surface area contributed by atoms with Gasteiger partial charge in [-0.05, 0) is 36.4 Å². The summed E-state index contributed by atoms with van der Waals surface area (Å²) in [5, 5.41) is 200.